The molecule has 3 unspecified atom stereocenters. The highest BCUT2D eigenvalue weighted by molar-refractivity contribution is 5.93. The monoisotopic (exact) mass is 261 g/mol. The Hall–Kier alpha value is -1.82. The Kier molecular flexibility index (Phi) is 2.38. The van der Waals surface area contributed by atoms with Gasteiger partial charge in [0.15, 0.2) is 11.5 Å². The van der Waals surface area contributed by atoms with Crippen molar-refractivity contribution in [2.24, 2.45) is 5.92 Å². The molecule has 0 aliphatic carbocycles. The summed E-state index contributed by atoms with van der Waals surface area (Å²) in [6.45, 7) is 3.43. The Morgan fingerprint density at radius 2 is 2.26 bits per heavy atom. The van der Waals surface area contributed by atoms with Gasteiger partial charge in [-0.25, -0.2) is 4.98 Å². The van der Waals surface area contributed by atoms with Gasteiger partial charge in [0.2, 0.25) is 6.79 Å². The molecule has 2 bridgehead atoms. The van der Waals surface area contributed by atoms with E-state index >= 15 is 0 Å². The highest BCUT2D eigenvalue weighted by Crippen LogP contribution is 2.31. The maximum atomic E-state index is 12.2. The summed E-state index contributed by atoms with van der Waals surface area (Å²) in [6, 6.07) is 1.90. The second-order valence-corrected chi connectivity index (χ2v) is 5.31. The smallest absolute Gasteiger partial charge is 0.270 e. The van der Waals surface area contributed by atoms with Gasteiger partial charge in [-0.05, 0) is 18.9 Å². The SMILES string of the molecule is O=C(NC1CN2CCC1C2)c1cc2c(cn1)OCO2. The Balaban J connectivity index is 1.48. The third-order valence-corrected chi connectivity index (χ3v) is 4.14. The average Bonchev–Trinajstić information content (AvgIpc) is 3.13. The lowest BCUT2D eigenvalue weighted by Gasteiger charge is -2.22. The molecule has 0 aromatic carbocycles. The molecule has 3 aliphatic heterocycles. The molecule has 0 radical (unpaired) electrons. The maximum Gasteiger partial charge on any atom is 0.270 e. The van der Waals surface area contributed by atoms with Gasteiger partial charge in [0.05, 0.1) is 6.20 Å². The number of hydrogen-bond acceptors (Lipinski definition) is 5. The number of carbonyl (C=O) groups excluding carboxylic acids is 1. The molecule has 2 saturated heterocycles. The van der Waals surface area contributed by atoms with E-state index in [1.54, 1.807) is 12.3 Å². The van der Waals surface area contributed by atoms with Gasteiger partial charge in [-0.2, -0.15) is 0 Å². The summed E-state index contributed by atoms with van der Waals surface area (Å²) in [5.41, 5.74) is 0.391. The van der Waals surface area contributed by atoms with Crippen LogP contribution in [0.3, 0.4) is 0 Å². The van der Waals surface area contributed by atoms with Crippen LogP contribution in [-0.4, -0.2) is 48.3 Å². The van der Waals surface area contributed by atoms with Gasteiger partial charge in [0, 0.05) is 25.2 Å². The van der Waals surface area contributed by atoms with Gasteiger partial charge in [0.25, 0.3) is 5.91 Å². The number of aromatic nitrogens is 1. The molecule has 6 nitrogen and oxygen atoms in total. The normalized spacial score (nSPS) is 30.6. The van der Waals surface area contributed by atoms with E-state index in [1.165, 1.54) is 13.0 Å². The number of piperidine rings is 1. The molecular formula is C13H15N3O3. The minimum atomic E-state index is -0.128. The van der Waals surface area contributed by atoms with Gasteiger partial charge in [0.1, 0.15) is 5.69 Å². The van der Waals surface area contributed by atoms with E-state index < -0.39 is 0 Å². The van der Waals surface area contributed by atoms with Gasteiger partial charge in [-0.15, -0.1) is 0 Å². The number of nitrogens with one attached hydrogen (secondary N) is 1. The Bertz CT molecular complexity index is 534. The molecule has 1 amide bonds. The zero-order valence-electron chi connectivity index (χ0n) is 10.5. The molecule has 4 heterocycles. The van der Waals surface area contributed by atoms with E-state index in [4.69, 9.17) is 9.47 Å². The van der Waals surface area contributed by atoms with Crippen LogP contribution in [0.1, 0.15) is 16.9 Å². The molecule has 4 rings (SSSR count). The van der Waals surface area contributed by atoms with Crippen LogP contribution in [0.2, 0.25) is 0 Å². The second kappa shape index (κ2) is 4.09. The van der Waals surface area contributed by atoms with Crippen molar-refractivity contribution in [1.82, 2.24) is 15.2 Å². The lowest BCUT2D eigenvalue weighted by atomic mass is 10.00. The lowest BCUT2D eigenvalue weighted by molar-refractivity contribution is 0.0919. The molecule has 100 valence electrons. The first-order valence-electron chi connectivity index (χ1n) is 6.58. The number of amides is 1. The van der Waals surface area contributed by atoms with Crippen LogP contribution in [0.4, 0.5) is 0 Å². The van der Waals surface area contributed by atoms with Crippen molar-refractivity contribution in [1.29, 1.82) is 0 Å². The van der Waals surface area contributed by atoms with Crippen molar-refractivity contribution in [3.8, 4) is 11.5 Å². The summed E-state index contributed by atoms with van der Waals surface area (Å²) in [5, 5.41) is 3.08. The molecule has 0 saturated carbocycles. The van der Waals surface area contributed by atoms with E-state index in [0.717, 1.165) is 13.1 Å². The zero-order valence-corrected chi connectivity index (χ0v) is 10.5. The first-order chi connectivity index (χ1) is 9.29. The van der Waals surface area contributed by atoms with E-state index in [0.29, 0.717) is 23.1 Å². The molecular weight excluding hydrogens is 246 g/mol. The number of carbonyl (C=O) groups is 1. The predicted octanol–water partition coefficient (Wildman–Crippen LogP) is 0.244. The largest absolute Gasteiger partial charge is 0.453 e. The highest BCUT2D eigenvalue weighted by Gasteiger charge is 2.38. The van der Waals surface area contributed by atoms with Crippen LogP contribution in [0.25, 0.3) is 0 Å². The van der Waals surface area contributed by atoms with Crippen molar-refractivity contribution < 1.29 is 14.3 Å². The van der Waals surface area contributed by atoms with Crippen LogP contribution in [-0.2, 0) is 0 Å². The molecule has 1 aromatic rings. The van der Waals surface area contributed by atoms with E-state index in [-0.39, 0.29) is 18.7 Å². The Morgan fingerprint density at radius 1 is 1.37 bits per heavy atom. The number of nitrogens with zero attached hydrogens (tertiary/aromatic N) is 2. The molecule has 3 atom stereocenters. The number of ether oxygens (including phenoxy) is 2. The fourth-order valence-electron chi connectivity index (χ4n) is 3.12. The van der Waals surface area contributed by atoms with Gasteiger partial charge < -0.3 is 19.7 Å². The van der Waals surface area contributed by atoms with Crippen LogP contribution < -0.4 is 14.8 Å². The van der Waals surface area contributed by atoms with E-state index in [1.807, 2.05) is 0 Å². The van der Waals surface area contributed by atoms with Crippen molar-refractivity contribution >= 4 is 5.91 Å². The molecule has 1 aromatic heterocycles. The molecule has 19 heavy (non-hydrogen) atoms. The maximum absolute atomic E-state index is 12.2. The van der Waals surface area contributed by atoms with E-state index in [2.05, 4.69) is 15.2 Å². The third-order valence-electron chi connectivity index (χ3n) is 4.14. The van der Waals surface area contributed by atoms with Crippen LogP contribution in [0, 0.1) is 5.92 Å². The fraction of sp³-hybridized carbons (Fsp3) is 0.538. The quantitative estimate of drug-likeness (QED) is 0.826. The second-order valence-electron chi connectivity index (χ2n) is 5.31. The molecule has 2 fully saturated rings. The van der Waals surface area contributed by atoms with Gasteiger partial charge >= 0.3 is 0 Å². The van der Waals surface area contributed by atoms with Crippen LogP contribution in [0.15, 0.2) is 12.3 Å². The molecule has 1 N–H and O–H groups in total. The van der Waals surface area contributed by atoms with Crippen molar-refractivity contribution in [3.05, 3.63) is 18.0 Å². The van der Waals surface area contributed by atoms with Crippen LogP contribution in [0.5, 0.6) is 11.5 Å². The number of rotatable bonds is 2. The minimum Gasteiger partial charge on any atom is -0.453 e. The van der Waals surface area contributed by atoms with Crippen molar-refractivity contribution in [3.63, 3.8) is 0 Å². The molecule has 6 heteroatoms. The van der Waals surface area contributed by atoms with Gasteiger partial charge in [-0.1, -0.05) is 0 Å². The molecule has 3 aliphatic rings. The summed E-state index contributed by atoms with van der Waals surface area (Å²) < 4.78 is 10.4. The van der Waals surface area contributed by atoms with E-state index in [9.17, 15) is 4.79 Å². The number of pyridine rings is 1. The summed E-state index contributed by atoms with van der Waals surface area (Å²) in [5.74, 6) is 1.66. The summed E-state index contributed by atoms with van der Waals surface area (Å²) >= 11 is 0. The predicted molar refractivity (Wildman–Crippen MR) is 66.2 cm³/mol. The summed E-state index contributed by atoms with van der Waals surface area (Å²) in [6.07, 6.45) is 2.72. The first kappa shape index (κ1) is 11.0. The summed E-state index contributed by atoms with van der Waals surface area (Å²) in [7, 11) is 0. The average molecular weight is 261 g/mol. The zero-order chi connectivity index (χ0) is 12.8. The Morgan fingerprint density at radius 3 is 3.05 bits per heavy atom. The highest BCUT2D eigenvalue weighted by atomic mass is 16.7. The number of hydrogen-bond donors (Lipinski definition) is 1. The van der Waals surface area contributed by atoms with Crippen LogP contribution >= 0.6 is 0 Å². The number of fused-ring (bicyclic) bond motifs is 3. The lowest BCUT2D eigenvalue weighted by Crippen LogP contribution is -2.43. The first-order valence-corrected chi connectivity index (χ1v) is 6.58. The third kappa shape index (κ3) is 1.83. The summed E-state index contributed by atoms with van der Waals surface area (Å²) in [4.78, 5) is 18.7. The van der Waals surface area contributed by atoms with Crippen molar-refractivity contribution in [2.75, 3.05) is 26.4 Å². The topological polar surface area (TPSA) is 63.7 Å². The standard InChI is InChI=1S/C13H15N3O3/c17-13(15-10-6-16-2-1-8(10)5-16)9-3-11-12(4-14-9)19-7-18-11/h3-4,8,10H,1-2,5-7H2,(H,15,17). The van der Waals surface area contributed by atoms with Crippen molar-refractivity contribution in [2.45, 2.75) is 12.5 Å². The fourth-order valence-corrected chi connectivity index (χ4v) is 3.12. The molecule has 0 spiro atoms. The van der Waals surface area contributed by atoms with Gasteiger partial charge in [-0.3, -0.25) is 4.79 Å². The minimum absolute atomic E-state index is 0.128. The Labute approximate surface area is 110 Å².